The van der Waals surface area contributed by atoms with E-state index in [9.17, 15) is 0 Å². The van der Waals surface area contributed by atoms with Crippen molar-refractivity contribution >= 4 is 0 Å². The van der Waals surface area contributed by atoms with Crippen LogP contribution in [0.3, 0.4) is 0 Å². The second-order valence-corrected chi connectivity index (χ2v) is 2.15. The summed E-state index contributed by atoms with van der Waals surface area (Å²) < 4.78 is 10.3. The molecule has 2 nitrogen and oxygen atoms in total. The Hall–Kier alpha value is -0.0800. The second kappa shape index (κ2) is 1.01. The maximum atomic E-state index is 5.23. The first-order chi connectivity index (χ1) is 3.41. The molecule has 0 aliphatic carbocycles. The van der Waals surface area contributed by atoms with E-state index in [1.165, 1.54) is 6.42 Å². The van der Waals surface area contributed by atoms with E-state index in [4.69, 9.17) is 9.47 Å². The summed E-state index contributed by atoms with van der Waals surface area (Å²) in [6.07, 6.45) is 2.30. The topological polar surface area (TPSA) is 21.8 Å². The quantitative estimate of drug-likeness (QED) is 0.414. The first-order valence-electron chi connectivity index (χ1n) is 2.69. The van der Waals surface area contributed by atoms with Crippen molar-refractivity contribution in [2.75, 3.05) is 13.2 Å². The van der Waals surface area contributed by atoms with Crippen LogP contribution in [0.4, 0.5) is 0 Å². The smallest absolute Gasteiger partial charge is 0.192 e. The first-order valence-corrected chi connectivity index (χ1v) is 2.69. The van der Waals surface area contributed by atoms with Crippen molar-refractivity contribution in [1.82, 2.24) is 0 Å². The fourth-order valence-electron chi connectivity index (χ4n) is 0.980. The summed E-state index contributed by atoms with van der Waals surface area (Å²) in [7, 11) is 0. The van der Waals surface area contributed by atoms with Gasteiger partial charge in [-0.25, -0.2) is 0 Å². The molecule has 2 aliphatic heterocycles. The van der Waals surface area contributed by atoms with Gasteiger partial charge in [0.25, 0.3) is 0 Å². The van der Waals surface area contributed by atoms with Gasteiger partial charge in [0.15, 0.2) is 5.79 Å². The molecule has 2 saturated heterocycles. The molecule has 0 aromatic rings. The van der Waals surface area contributed by atoms with Gasteiger partial charge in [-0.1, -0.05) is 0 Å². The molecule has 2 fully saturated rings. The molecule has 2 aliphatic rings. The van der Waals surface area contributed by atoms with Crippen LogP contribution < -0.4 is 0 Å². The zero-order valence-corrected chi connectivity index (χ0v) is 4.14. The van der Waals surface area contributed by atoms with Gasteiger partial charge < -0.3 is 9.47 Å². The lowest BCUT2D eigenvalue weighted by molar-refractivity contribution is 0.00431. The van der Waals surface area contributed by atoms with Crippen molar-refractivity contribution < 1.29 is 9.47 Å². The summed E-state index contributed by atoms with van der Waals surface area (Å²) in [5, 5.41) is 0. The molecule has 1 atom stereocenters. The maximum absolute atomic E-state index is 5.23. The van der Waals surface area contributed by atoms with Gasteiger partial charge in [0, 0.05) is 6.42 Å². The minimum Gasteiger partial charge on any atom is -0.348 e. The highest BCUT2D eigenvalue weighted by Crippen LogP contribution is 2.37. The molecule has 0 radical (unpaired) electrons. The van der Waals surface area contributed by atoms with Crippen molar-refractivity contribution in [3.8, 4) is 0 Å². The summed E-state index contributed by atoms with van der Waals surface area (Å²) in [6.45, 7) is 1.74. The van der Waals surface area contributed by atoms with E-state index in [0.29, 0.717) is 0 Å². The average molecular weight is 100 g/mol. The highest BCUT2D eigenvalue weighted by molar-refractivity contribution is 4.85. The molecule has 7 heavy (non-hydrogen) atoms. The SMILES string of the molecule is C1COC2(C1)CO2. The van der Waals surface area contributed by atoms with Crippen LogP contribution in [0.15, 0.2) is 0 Å². The van der Waals surface area contributed by atoms with E-state index in [2.05, 4.69) is 0 Å². The number of rotatable bonds is 0. The zero-order valence-electron chi connectivity index (χ0n) is 4.14. The third-order valence-electron chi connectivity index (χ3n) is 1.53. The largest absolute Gasteiger partial charge is 0.348 e. The van der Waals surface area contributed by atoms with E-state index in [1.807, 2.05) is 0 Å². The lowest BCUT2D eigenvalue weighted by Gasteiger charge is -1.95. The Balaban J connectivity index is 2.07. The number of hydrogen-bond acceptors (Lipinski definition) is 2. The van der Waals surface area contributed by atoms with Crippen molar-refractivity contribution in [3.05, 3.63) is 0 Å². The van der Waals surface area contributed by atoms with Gasteiger partial charge in [-0.05, 0) is 6.42 Å². The van der Waals surface area contributed by atoms with Crippen molar-refractivity contribution in [3.63, 3.8) is 0 Å². The molecule has 2 heterocycles. The van der Waals surface area contributed by atoms with Gasteiger partial charge >= 0.3 is 0 Å². The van der Waals surface area contributed by atoms with Crippen LogP contribution in [-0.2, 0) is 9.47 Å². The van der Waals surface area contributed by atoms with Gasteiger partial charge in [0.2, 0.25) is 0 Å². The lowest BCUT2D eigenvalue weighted by Crippen LogP contribution is -2.05. The third kappa shape index (κ3) is 0.469. The Labute approximate surface area is 42.4 Å². The predicted octanol–water partition coefficient (Wildman–Crippen LogP) is 0.523. The maximum Gasteiger partial charge on any atom is 0.192 e. The molecule has 0 saturated carbocycles. The fraction of sp³-hybridized carbons (Fsp3) is 1.00. The third-order valence-corrected chi connectivity index (χ3v) is 1.53. The molecule has 0 amide bonds. The standard InChI is InChI=1S/C5H8O2/c1-2-5(4-7-5)6-3-1/h1-4H2. The first kappa shape index (κ1) is 3.87. The molecule has 2 heteroatoms. The van der Waals surface area contributed by atoms with Crippen LogP contribution in [0, 0.1) is 0 Å². The summed E-state index contributed by atoms with van der Waals surface area (Å²) in [4.78, 5) is 0. The molecular formula is C5H8O2. The normalized spacial score (nSPS) is 48.0. The van der Waals surface area contributed by atoms with Gasteiger partial charge in [-0.3, -0.25) is 0 Å². The average Bonchev–Trinajstić information content (AvgIpc) is 2.15. The molecule has 40 valence electrons. The van der Waals surface area contributed by atoms with E-state index in [0.717, 1.165) is 19.6 Å². The van der Waals surface area contributed by atoms with Crippen LogP contribution in [0.5, 0.6) is 0 Å². The van der Waals surface area contributed by atoms with Crippen LogP contribution in [0.25, 0.3) is 0 Å². The van der Waals surface area contributed by atoms with Gasteiger partial charge in [-0.15, -0.1) is 0 Å². The van der Waals surface area contributed by atoms with Gasteiger partial charge in [0.05, 0.1) is 6.61 Å². The Morgan fingerprint density at radius 1 is 1.29 bits per heavy atom. The van der Waals surface area contributed by atoms with Crippen LogP contribution in [-0.4, -0.2) is 19.0 Å². The number of hydrogen-bond donors (Lipinski definition) is 0. The Morgan fingerprint density at radius 3 is 2.43 bits per heavy atom. The highest BCUT2D eigenvalue weighted by Gasteiger charge is 2.48. The molecule has 0 bridgehead atoms. The molecule has 1 spiro atoms. The molecule has 0 aromatic carbocycles. The molecule has 2 rings (SSSR count). The van der Waals surface area contributed by atoms with Crippen molar-refractivity contribution in [1.29, 1.82) is 0 Å². The fourth-order valence-corrected chi connectivity index (χ4v) is 0.980. The van der Waals surface area contributed by atoms with Crippen LogP contribution in [0.1, 0.15) is 12.8 Å². The van der Waals surface area contributed by atoms with Gasteiger partial charge in [0.1, 0.15) is 6.61 Å². The number of ether oxygens (including phenoxy) is 2. The monoisotopic (exact) mass is 100 g/mol. The highest BCUT2D eigenvalue weighted by atomic mass is 16.8. The van der Waals surface area contributed by atoms with E-state index >= 15 is 0 Å². The summed E-state index contributed by atoms with van der Waals surface area (Å²) in [6, 6.07) is 0. The Morgan fingerprint density at radius 2 is 2.14 bits per heavy atom. The van der Waals surface area contributed by atoms with E-state index in [-0.39, 0.29) is 5.79 Å². The number of epoxide rings is 1. The van der Waals surface area contributed by atoms with E-state index in [1.54, 1.807) is 0 Å². The van der Waals surface area contributed by atoms with Crippen molar-refractivity contribution in [2.45, 2.75) is 18.6 Å². The molecule has 0 N–H and O–H groups in total. The zero-order chi connectivity index (χ0) is 4.74. The minimum absolute atomic E-state index is 0.0556. The van der Waals surface area contributed by atoms with Crippen LogP contribution in [0.2, 0.25) is 0 Å². The Bertz CT molecular complexity index is 78.1. The van der Waals surface area contributed by atoms with E-state index < -0.39 is 0 Å². The van der Waals surface area contributed by atoms with Crippen molar-refractivity contribution in [2.24, 2.45) is 0 Å². The second-order valence-electron chi connectivity index (χ2n) is 2.15. The Kier molecular flexibility index (Phi) is 0.557. The summed E-state index contributed by atoms with van der Waals surface area (Å²) in [5.41, 5.74) is 0. The molecular weight excluding hydrogens is 92.1 g/mol. The molecule has 1 unspecified atom stereocenters. The summed E-state index contributed by atoms with van der Waals surface area (Å²) >= 11 is 0. The minimum atomic E-state index is -0.0556. The predicted molar refractivity (Wildman–Crippen MR) is 23.9 cm³/mol. The summed E-state index contributed by atoms with van der Waals surface area (Å²) in [5.74, 6) is -0.0556. The molecule has 0 aromatic heterocycles. The van der Waals surface area contributed by atoms with Crippen LogP contribution >= 0.6 is 0 Å². The van der Waals surface area contributed by atoms with Gasteiger partial charge in [-0.2, -0.15) is 0 Å². The lowest BCUT2D eigenvalue weighted by atomic mass is 10.3.